The molecule has 4 aromatic heterocycles. The minimum atomic E-state index is -0.187. The van der Waals surface area contributed by atoms with Crippen LogP contribution in [0.1, 0.15) is 17.6 Å². The van der Waals surface area contributed by atoms with E-state index in [1.54, 1.807) is 25.5 Å². The van der Waals surface area contributed by atoms with Crippen LogP contribution in [0.2, 0.25) is 5.02 Å². The Kier molecular flexibility index (Phi) is 3.73. The summed E-state index contributed by atoms with van der Waals surface area (Å²) in [6, 6.07) is 3.66. The van der Waals surface area contributed by atoms with Crippen LogP contribution in [-0.2, 0) is 13.6 Å². The van der Waals surface area contributed by atoms with E-state index in [0.717, 1.165) is 18.9 Å². The van der Waals surface area contributed by atoms with E-state index >= 15 is 0 Å². The molecule has 0 amide bonds. The summed E-state index contributed by atoms with van der Waals surface area (Å²) >= 11 is 6.08. The number of nitrogens with zero attached hydrogens (tertiary/aromatic N) is 8. The number of hydrogen-bond donors (Lipinski definition) is 0. The summed E-state index contributed by atoms with van der Waals surface area (Å²) < 4.78 is 8.41. The first-order valence-corrected chi connectivity index (χ1v) is 10.0. The second-order valence-electron chi connectivity index (χ2n) is 7.82. The van der Waals surface area contributed by atoms with Crippen LogP contribution in [0.15, 0.2) is 40.2 Å². The number of halogens is 1. The monoisotopic (exact) mass is 424 g/mol. The first kappa shape index (κ1) is 17.6. The van der Waals surface area contributed by atoms with Crippen molar-refractivity contribution in [2.75, 3.05) is 18.0 Å². The van der Waals surface area contributed by atoms with Crippen molar-refractivity contribution in [2.24, 2.45) is 18.9 Å². The molecule has 6 rings (SSSR count). The summed E-state index contributed by atoms with van der Waals surface area (Å²) in [6.07, 6.45) is 4.78. The summed E-state index contributed by atoms with van der Waals surface area (Å²) in [5.41, 5.74) is 0.825. The van der Waals surface area contributed by atoms with Gasteiger partial charge in [-0.05, 0) is 24.0 Å². The topological polar surface area (TPSA) is 108 Å². The molecule has 0 radical (unpaired) electrons. The van der Waals surface area contributed by atoms with Crippen molar-refractivity contribution in [1.29, 1.82) is 0 Å². The number of rotatable bonds is 4. The Morgan fingerprint density at radius 1 is 1.27 bits per heavy atom. The molecule has 2 aliphatic rings. The summed E-state index contributed by atoms with van der Waals surface area (Å²) in [5.74, 6) is 3.25. The molecule has 30 heavy (non-hydrogen) atoms. The third-order valence-corrected chi connectivity index (χ3v) is 6.27. The average Bonchev–Trinajstić information content (AvgIpc) is 3.16. The average molecular weight is 425 g/mol. The van der Waals surface area contributed by atoms with Crippen LogP contribution in [0.3, 0.4) is 0 Å². The third-order valence-electron chi connectivity index (χ3n) is 6.03. The van der Waals surface area contributed by atoms with Crippen LogP contribution in [0.4, 0.5) is 5.82 Å². The lowest BCUT2D eigenvalue weighted by Gasteiger charge is -2.20. The lowest BCUT2D eigenvalue weighted by Crippen LogP contribution is -2.24. The van der Waals surface area contributed by atoms with Crippen molar-refractivity contribution in [2.45, 2.75) is 12.5 Å². The Morgan fingerprint density at radius 2 is 2.10 bits per heavy atom. The summed E-state index contributed by atoms with van der Waals surface area (Å²) in [4.78, 5) is 28.1. The molecule has 10 nitrogen and oxygen atoms in total. The molecule has 0 spiro atoms. The Bertz CT molecular complexity index is 1320. The zero-order valence-corrected chi connectivity index (χ0v) is 16.8. The van der Waals surface area contributed by atoms with Crippen molar-refractivity contribution >= 4 is 28.5 Å². The minimum Gasteiger partial charge on any atom is -0.356 e. The summed E-state index contributed by atoms with van der Waals surface area (Å²) in [7, 11) is 1.72. The van der Waals surface area contributed by atoms with Crippen LogP contribution in [0, 0.1) is 11.8 Å². The first-order chi connectivity index (χ1) is 14.6. The van der Waals surface area contributed by atoms with Gasteiger partial charge in [0.2, 0.25) is 5.89 Å². The fourth-order valence-corrected chi connectivity index (χ4v) is 4.63. The first-order valence-electron chi connectivity index (χ1n) is 9.64. The van der Waals surface area contributed by atoms with Gasteiger partial charge < -0.3 is 9.42 Å². The van der Waals surface area contributed by atoms with Crippen molar-refractivity contribution in [3.05, 3.63) is 57.9 Å². The maximum atomic E-state index is 12.7. The second-order valence-corrected chi connectivity index (χ2v) is 8.25. The largest absolute Gasteiger partial charge is 0.356 e. The zero-order chi connectivity index (χ0) is 20.4. The van der Waals surface area contributed by atoms with E-state index in [2.05, 4.69) is 30.1 Å². The number of anilines is 1. The number of hydrogen-bond acceptors (Lipinski definition) is 8. The van der Waals surface area contributed by atoms with Gasteiger partial charge in [-0.1, -0.05) is 16.8 Å². The van der Waals surface area contributed by atoms with Gasteiger partial charge in [0.15, 0.2) is 11.3 Å². The molecule has 1 aliphatic carbocycles. The molecule has 1 saturated carbocycles. The molecule has 1 aliphatic heterocycles. The predicted molar refractivity (Wildman–Crippen MR) is 107 cm³/mol. The van der Waals surface area contributed by atoms with Gasteiger partial charge in [0.05, 0.1) is 12.5 Å². The van der Waals surface area contributed by atoms with E-state index in [0.29, 0.717) is 39.6 Å². The maximum absolute atomic E-state index is 12.7. The molecule has 5 heterocycles. The molecule has 152 valence electrons. The standard InChI is InChI=1S/C19H17ClN8O2/c1-26-17-13(5-23-26)22-9-28(19(17)29)8-15-24-18(25-30-15)16-11-6-27(7-12(11)16)14-4-10(20)2-3-21-14/h2-5,9,11-12,16H,6-8H2,1H3. The van der Waals surface area contributed by atoms with Crippen LogP contribution < -0.4 is 10.5 Å². The molecular formula is C19H17ClN8O2. The van der Waals surface area contributed by atoms with E-state index in [-0.39, 0.29) is 18.0 Å². The fraction of sp³-hybridized carbons (Fsp3) is 0.368. The minimum absolute atomic E-state index is 0.181. The Hall–Kier alpha value is -3.27. The number of aryl methyl sites for hydroxylation is 1. The smallest absolute Gasteiger partial charge is 0.279 e. The van der Waals surface area contributed by atoms with Crippen LogP contribution in [-0.4, -0.2) is 47.5 Å². The van der Waals surface area contributed by atoms with Crippen molar-refractivity contribution < 1.29 is 4.52 Å². The second kappa shape index (κ2) is 6.36. The lowest BCUT2D eigenvalue weighted by molar-refractivity contribution is 0.363. The molecule has 2 unspecified atom stereocenters. The molecule has 2 atom stereocenters. The van der Waals surface area contributed by atoms with Crippen LogP contribution in [0.25, 0.3) is 11.0 Å². The van der Waals surface area contributed by atoms with E-state index in [1.807, 2.05) is 6.07 Å². The SMILES string of the molecule is Cn1ncc2ncn(Cc3nc(C4C5CN(c6cc(Cl)ccn6)CC54)no3)c(=O)c21. The zero-order valence-electron chi connectivity index (χ0n) is 16.0. The van der Waals surface area contributed by atoms with Crippen molar-refractivity contribution in [1.82, 2.24) is 34.5 Å². The molecular weight excluding hydrogens is 408 g/mol. The van der Waals surface area contributed by atoms with Gasteiger partial charge in [0, 0.05) is 37.3 Å². The van der Waals surface area contributed by atoms with E-state index in [1.165, 1.54) is 15.6 Å². The highest BCUT2D eigenvalue weighted by molar-refractivity contribution is 6.30. The van der Waals surface area contributed by atoms with Gasteiger partial charge in [0.1, 0.15) is 17.9 Å². The summed E-state index contributed by atoms with van der Waals surface area (Å²) in [5, 5.41) is 8.94. The highest BCUT2D eigenvalue weighted by Gasteiger charge is 2.58. The molecule has 0 bridgehead atoms. The predicted octanol–water partition coefficient (Wildman–Crippen LogP) is 1.46. The van der Waals surface area contributed by atoms with Gasteiger partial charge in [-0.25, -0.2) is 9.97 Å². The maximum Gasteiger partial charge on any atom is 0.279 e. The van der Waals surface area contributed by atoms with Crippen molar-refractivity contribution in [3.8, 4) is 0 Å². The molecule has 11 heteroatoms. The molecule has 4 aromatic rings. The highest BCUT2D eigenvalue weighted by atomic mass is 35.5. The van der Waals surface area contributed by atoms with Gasteiger partial charge in [-0.2, -0.15) is 10.1 Å². The van der Waals surface area contributed by atoms with Crippen LogP contribution in [0.5, 0.6) is 0 Å². The molecule has 0 aromatic carbocycles. The lowest BCUT2D eigenvalue weighted by atomic mass is 10.2. The number of piperidine rings is 1. The normalized spacial score (nSPS) is 22.6. The Balaban J connectivity index is 1.17. The van der Waals surface area contributed by atoms with Crippen LogP contribution >= 0.6 is 11.6 Å². The third kappa shape index (κ3) is 2.71. The van der Waals surface area contributed by atoms with E-state index < -0.39 is 0 Å². The number of aromatic nitrogens is 7. The Labute approximate surface area is 175 Å². The van der Waals surface area contributed by atoms with E-state index in [4.69, 9.17) is 16.1 Å². The van der Waals surface area contributed by atoms with Gasteiger partial charge in [0.25, 0.3) is 5.56 Å². The molecule has 0 N–H and O–H groups in total. The molecule has 1 saturated heterocycles. The number of pyridine rings is 1. The highest BCUT2D eigenvalue weighted by Crippen LogP contribution is 2.57. The fourth-order valence-electron chi connectivity index (χ4n) is 4.48. The number of fused-ring (bicyclic) bond motifs is 2. The van der Waals surface area contributed by atoms with Crippen molar-refractivity contribution in [3.63, 3.8) is 0 Å². The quantitative estimate of drug-likeness (QED) is 0.484. The Morgan fingerprint density at radius 3 is 2.90 bits per heavy atom. The van der Waals surface area contributed by atoms with Gasteiger partial charge in [-0.15, -0.1) is 0 Å². The molecule has 2 fully saturated rings. The van der Waals surface area contributed by atoms with Gasteiger partial charge >= 0.3 is 0 Å². The van der Waals surface area contributed by atoms with E-state index in [9.17, 15) is 4.79 Å². The summed E-state index contributed by atoms with van der Waals surface area (Å²) in [6.45, 7) is 1.97. The van der Waals surface area contributed by atoms with Gasteiger partial charge in [-0.3, -0.25) is 14.0 Å².